The van der Waals surface area contributed by atoms with E-state index in [9.17, 15) is 28.3 Å². The minimum atomic E-state index is -1.14. The van der Waals surface area contributed by atoms with Gasteiger partial charge in [0.15, 0.2) is 11.6 Å². The molecule has 0 aliphatic carbocycles. The van der Waals surface area contributed by atoms with Crippen LogP contribution in [0.1, 0.15) is 38.3 Å². The third-order valence-electron chi connectivity index (χ3n) is 8.01. The van der Waals surface area contributed by atoms with Crippen molar-refractivity contribution < 1.29 is 28.3 Å². The summed E-state index contributed by atoms with van der Waals surface area (Å²) in [4.78, 5) is 43.6. The third kappa shape index (κ3) is 9.92. The van der Waals surface area contributed by atoms with Gasteiger partial charge in [-0.15, -0.1) is 0 Å². The zero-order valence-corrected chi connectivity index (χ0v) is 26.8. The highest BCUT2D eigenvalue weighted by Gasteiger charge is 2.35. The molecule has 3 rings (SSSR count). The van der Waals surface area contributed by atoms with Crippen molar-refractivity contribution in [3.05, 3.63) is 95.6 Å². The molecule has 0 heterocycles. The summed E-state index contributed by atoms with van der Waals surface area (Å²) < 4.78 is 27.7. The van der Waals surface area contributed by atoms with Crippen molar-refractivity contribution in [2.24, 2.45) is 0 Å². The minimum Gasteiger partial charge on any atom is -0.392 e. The van der Waals surface area contributed by atoms with Gasteiger partial charge in [-0.05, 0) is 74.3 Å². The topological polar surface area (TPSA) is 102 Å². The zero-order chi connectivity index (χ0) is 33.3. The number of rotatable bonds is 14. The van der Waals surface area contributed by atoms with Gasteiger partial charge in [-0.3, -0.25) is 14.4 Å². The molecule has 0 fully saturated rings. The Morgan fingerprint density at radius 2 is 1.51 bits per heavy atom. The van der Waals surface area contributed by atoms with Crippen molar-refractivity contribution >= 4 is 28.5 Å². The molecular formula is C35H44F2N4O4. The van der Waals surface area contributed by atoms with Crippen molar-refractivity contribution in [1.82, 2.24) is 20.4 Å². The van der Waals surface area contributed by atoms with E-state index in [4.69, 9.17) is 0 Å². The SMILES string of the molecule is CNC(C)(C)C/C=C/C(=O)N(C)[C@H](Cc1ccc2ccccc2c1)C(=O)N(C)[C@H](Cc1ccc(F)c(F)c1)C(=O)NC[C@@H](C)O. The van der Waals surface area contributed by atoms with Crippen molar-refractivity contribution in [3.63, 3.8) is 0 Å². The van der Waals surface area contributed by atoms with Gasteiger partial charge in [-0.1, -0.05) is 54.6 Å². The van der Waals surface area contributed by atoms with E-state index in [1.807, 2.05) is 63.4 Å². The second-order valence-electron chi connectivity index (χ2n) is 12.1. The lowest BCUT2D eigenvalue weighted by atomic mass is 9.98. The minimum absolute atomic E-state index is 0.0676. The molecule has 3 aromatic carbocycles. The van der Waals surface area contributed by atoms with Crippen LogP contribution in [0, 0.1) is 11.6 Å². The molecule has 0 saturated carbocycles. The monoisotopic (exact) mass is 622 g/mol. The fourth-order valence-corrected chi connectivity index (χ4v) is 4.86. The predicted molar refractivity (Wildman–Crippen MR) is 172 cm³/mol. The van der Waals surface area contributed by atoms with Crippen LogP contribution in [0.15, 0.2) is 72.8 Å². The lowest BCUT2D eigenvalue weighted by molar-refractivity contribution is -0.146. The molecule has 0 aliphatic heterocycles. The van der Waals surface area contributed by atoms with E-state index in [1.54, 1.807) is 13.1 Å². The van der Waals surface area contributed by atoms with Crippen LogP contribution in [0.3, 0.4) is 0 Å². The second-order valence-corrected chi connectivity index (χ2v) is 12.1. The van der Waals surface area contributed by atoms with Crippen molar-refractivity contribution in [3.8, 4) is 0 Å². The molecule has 0 bridgehead atoms. The maximum absolute atomic E-state index is 14.3. The molecular weight excluding hydrogens is 578 g/mol. The Morgan fingerprint density at radius 3 is 2.16 bits per heavy atom. The van der Waals surface area contributed by atoms with E-state index < -0.39 is 41.6 Å². The number of aliphatic hydroxyl groups is 1. The molecule has 3 aromatic rings. The highest BCUT2D eigenvalue weighted by Crippen LogP contribution is 2.21. The summed E-state index contributed by atoms with van der Waals surface area (Å²) in [6.45, 7) is 5.44. The van der Waals surface area contributed by atoms with Gasteiger partial charge in [0.05, 0.1) is 6.10 Å². The van der Waals surface area contributed by atoms with Crippen LogP contribution >= 0.6 is 0 Å². The molecule has 0 spiro atoms. The first-order valence-corrected chi connectivity index (χ1v) is 15.0. The van der Waals surface area contributed by atoms with Gasteiger partial charge >= 0.3 is 0 Å². The van der Waals surface area contributed by atoms with Crippen LogP contribution in [-0.4, -0.2) is 84.0 Å². The van der Waals surface area contributed by atoms with E-state index in [2.05, 4.69) is 10.6 Å². The molecule has 0 aliphatic rings. The lowest BCUT2D eigenvalue weighted by Crippen LogP contribution is -2.56. The first-order chi connectivity index (χ1) is 21.2. The molecule has 0 aromatic heterocycles. The summed E-state index contributed by atoms with van der Waals surface area (Å²) in [5.74, 6) is -3.57. The van der Waals surface area contributed by atoms with Gasteiger partial charge in [0, 0.05) is 39.0 Å². The molecule has 8 nitrogen and oxygen atoms in total. The number of likely N-dealkylation sites (N-methyl/N-ethyl adjacent to an activating group) is 2. The fourth-order valence-electron chi connectivity index (χ4n) is 4.86. The second kappa shape index (κ2) is 15.7. The van der Waals surface area contributed by atoms with Gasteiger partial charge in [-0.2, -0.15) is 0 Å². The largest absolute Gasteiger partial charge is 0.392 e. The summed E-state index contributed by atoms with van der Waals surface area (Å²) in [5.41, 5.74) is 0.884. The number of carbonyl (C=O) groups excluding carboxylic acids is 3. The van der Waals surface area contributed by atoms with E-state index >= 15 is 0 Å². The van der Waals surface area contributed by atoms with Crippen LogP contribution in [0.5, 0.6) is 0 Å². The molecule has 0 radical (unpaired) electrons. The number of hydrogen-bond donors (Lipinski definition) is 3. The van der Waals surface area contributed by atoms with Crippen LogP contribution in [0.2, 0.25) is 0 Å². The number of benzene rings is 3. The number of fused-ring (bicyclic) bond motifs is 1. The number of nitrogens with zero attached hydrogens (tertiary/aromatic N) is 2. The van der Waals surface area contributed by atoms with E-state index in [0.29, 0.717) is 12.0 Å². The first kappa shape index (κ1) is 35.3. The lowest BCUT2D eigenvalue weighted by Gasteiger charge is -2.34. The molecule has 3 atom stereocenters. The number of carbonyl (C=O) groups is 3. The Morgan fingerprint density at radius 1 is 0.889 bits per heavy atom. The van der Waals surface area contributed by atoms with Crippen LogP contribution in [0.4, 0.5) is 8.78 Å². The maximum Gasteiger partial charge on any atom is 0.246 e. The summed E-state index contributed by atoms with van der Waals surface area (Å²) in [6, 6.07) is 14.8. The van der Waals surface area contributed by atoms with Gasteiger partial charge in [0.2, 0.25) is 17.7 Å². The van der Waals surface area contributed by atoms with Crippen LogP contribution < -0.4 is 10.6 Å². The number of halogens is 2. The zero-order valence-electron chi connectivity index (χ0n) is 26.8. The Labute approximate surface area is 264 Å². The highest BCUT2D eigenvalue weighted by molar-refractivity contribution is 5.95. The third-order valence-corrected chi connectivity index (χ3v) is 8.01. The molecule has 10 heteroatoms. The molecule has 3 N–H and O–H groups in total. The Hall–Kier alpha value is -4.15. The van der Waals surface area contributed by atoms with Gasteiger partial charge in [0.1, 0.15) is 12.1 Å². The standard InChI is InChI=1S/C35H44F2N4O4/c1-23(42)22-39-33(44)30(20-25-14-16-28(36)29(37)19-25)41(6)34(45)31(40(5)32(43)12-9-17-35(2,3)38-4)21-24-13-15-26-10-7-8-11-27(26)18-24/h7-16,18-19,23,30-31,38,42H,17,20-22H2,1-6H3,(H,39,44)/b12-9+/t23-,30-,31-/m1/s1. The van der Waals surface area contributed by atoms with Crippen molar-refractivity contribution in [2.45, 2.75) is 63.8 Å². The maximum atomic E-state index is 14.3. The molecule has 3 amide bonds. The number of hydrogen-bond acceptors (Lipinski definition) is 5. The Balaban J connectivity index is 1.97. The van der Waals surface area contributed by atoms with Crippen LogP contribution in [-0.2, 0) is 27.2 Å². The average Bonchev–Trinajstić information content (AvgIpc) is 3.01. The first-order valence-electron chi connectivity index (χ1n) is 15.0. The van der Waals surface area contributed by atoms with Gasteiger partial charge in [-0.25, -0.2) is 8.78 Å². The summed E-state index contributed by atoms with van der Waals surface area (Å²) >= 11 is 0. The van der Waals surface area contributed by atoms with Crippen molar-refractivity contribution in [2.75, 3.05) is 27.7 Å². The van der Waals surface area contributed by atoms with E-state index in [0.717, 1.165) is 28.5 Å². The highest BCUT2D eigenvalue weighted by atomic mass is 19.2. The molecule has 45 heavy (non-hydrogen) atoms. The Bertz CT molecular complexity index is 1520. The summed E-state index contributed by atoms with van der Waals surface area (Å²) in [7, 11) is 4.83. The summed E-state index contributed by atoms with van der Waals surface area (Å²) in [6.07, 6.45) is 2.97. The average molecular weight is 623 g/mol. The van der Waals surface area contributed by atoms with Crippen LogP contribution in [0.25, 0.3) is 10.8 Å². The van der Waals surface area contributed by atoms with E-state index in [1.165, 1.54) is 35.9 Å². The normalized spacial score (nSPS) is 13.8. The number of nitrogens with one attached hydrogen (secondary N) is 2. The van der Waals surface area contributed by atoms with Crippen molar-refractivity contribution in [1.29, 1.82) is 0 Å². The fraction of sp³-hybridized carbons (Fsp3) is 0.400. The number of amides is 3. The predicted octanol–water partition coefficient (Wildman–Crippen LogP) is 4.00. The van der Waals surface area contributed by atoms with Gasteiger partial charge in [0.25, 0.3) is 0 Å². The number of aliphatic hydroxyl groups excluding tert-OH is 1. The van der Waals surface area contributed by atoms with Gasteiger partial charge < -0.3 is 25.5 Å². The van der Waals surface area contributed by atoms with E-state index in [-0.39, 0.29) is 30.8 Å². The summed E-state index contributed by atoms with van der Waals surface area (Å²) in [5, 5.41) is 17.6. The smallest absolute Gasteiger partial charge is 0.246 e. The molecule has 0 unspecified atom stereocenters. The molecule has 242 valence electrons. The molecule has 0 saturated heterocycles. The Kier molecular flexibility index (Phi) is 12.3. The quantitative estimate of drug-likeness (QED) is 0.236.